The Morgan fingerprint density at radius 3 is 2.22 bits per heavy atom. The van der Waals surface area contributed by atoms with Gasteiger partial charge in [-0.25, -0.2) is 0 Å². The number of amides is 1. The van der Waals surface area contributed by atoms with E-state index < -0.39 is 11.9 Å². The van der Waals surface area contributed by atoms with Gasteiger partial charge in [-0.05, 0) is 25.3 Å². The summed E-state index contributed by atoms with van der Waals surface area (Å²) in [5, 5.41) is 9.26. The van der Waals surface area contributed by atoms with Gasteiger partial charge in [0, 0.05) is 24.2 Å². The van der Waals surface area contributed by atoms with Gasteiger partial charge in [0.05, 0.1) is 11.5 Å². The van der Waals surface area contributed by atoms with Crippen molar-refractivity contribution < 1.29 is 19.5 Å². The first kappa shape index (κ1) is 18.8. The predicted octanol–water partition coefficient (Wildman–Crippen LogP) is 3.41. The standard InChI is InChI=1S/C22H23NO4/c1-14-7-9-16(10-8-14)20(24)18-5-3-4-6-19(18)21(25)23-12-11-17(22(26)27)15(2)13-23/h3-10,15,17H,11-13H2,1-2H3,(H,26,27). The van der Waals surface area contributed by atoms with Crippen molar-refractivity contribution in [2.24, 2.45) is 11.8 Å². The number of likely N-dealkylation sites (tertiary alicyclic amines) is 1. The van der Waals surface area contributed by atoms with Gasteiger partial charge in [0.2, 0.25) is 0 Å². The zero-order valence-electron chi connectivity index (χ0n) is 15.5. The van der Waals surface area contributed by atoms with E-state index in [0.717, 1.165) is 5.56 Å². The van der Waals surface area contributed by atoms with Crippen LogP contribution in [0.1, 0.15) is 45.2 Å². The third kappa shape index (κ3) is 3.92. The molecule has 5 nitrogen and oxygen atoms in total. The van der Waals surface area contributed by atoms with E-state index in [0.29, 0.717) is 36.2 Å². The normalized spacial score (nSPS) is 19.6. The van der Waals surface area contributed by atoms with Crippen molar-refractivity contribution in [1.82, 2.24) is 4.90 Å². The first-order valence-corrected chi connectivity index (χ1v) is 9.11. The largest absolute Gasteiger partial charge is 0.481 e. The number of rotatable bonds is 4. The molecule has 5 heteroatoms. The van der Waals surface area contributed by atoms with Crippen molar-refractivity contribution in [1.29, 1.82) is 0 Å². The van der Waals surface area contributed by atoms with Crippen LogP contribution in [-0.2, 0) is 4.79 Å². The van der Waals surface area contributed by atoms with Gasteiger partial charge in [0.15, 0.2) is 5.78 Å². The molecule has 1 amide bonds. The number of ketones is 1. The lowest BCUT2D eigenvalue weighted by Gasteiger charge is -2.35. The summed E-state index contributed by atoms with van der Waals surface area (Å²) in [6.45, 7) is 4.56. The Hall–Kier alpha value is -2.95. The molecule has 0 aromatic heterocycles. The average molecular weight is 365 g/mol. The minimum Gasteiger partial charge on any atom is -0.481 e. The summed E-state index contributed by atoms with van der Waals surface area (Å²) in [4.78, 5) is 38.9. The zero-order chi connectivity index (χ0) is 19.6. The van der Waals surface area contributed by atoms with E-state index in [1.54, 1.807) is 41.3 Å². The maximum absolute atomic E-state index is 13.1. The molecule has 1 fully saturated rings. The number of aliphatic carboxylic acids is 1. The number of hydrogen-bond acceptors (Lipinski definition) is 3. The van der Waals surface area contributed by atoms with Crippen LogP contribution >= 0.6 is 0 Å². The Morgan fingerprint density at radius 1 is 1.00 bits per heavy atom. The monoisotopic (exact) mass is 365 g/mol. The number of hydrogen-bond donors (Lipinski definition) is 1. The second kappa shape index (κ2) is 7.74. The van der Waals surface area contributed by atoms with Crippen molar-refractivity contribution in [3.05, 3.63) is 70.8 Å². The number of carboxylic acid groups (broad SMARTS) is 1. The molecule has 1 heterocycles. The van der Waals surface area contributed by atoms with Crippen molar-refractivity contribution in [3.8, 4) is 0 Å². The molecule has 140 valence electrons. The summed E-state index contributed by atoms with van der Waals surface area (Å²) in [6, 6.07) is 14.1. The Bertz CT molecular complexity index is 872. The molecule has 2 aromatic rings. The van der Waals surface area contributed by atoms with Crippen LogP contribution in [0.5, 0.6) is 0 Å². The Balaban J connectivity index is 1.85. The first-order chi connectivity index (χ1) is 12.9. The molecule has 2 unspecified atom stereocenters. The minimum atomic E-state index is -0.815. The van der Waals surface area contributed by atoms with Gasteiger partial charge in [-0.1, -0.05) is 55.0 Å². The maximum Gasteiger partial charge on any atom is 0.306 e. The smallest absolute Gasteiger partial charge is 0.306 e. The van der Waals surface area contributed by atoms with Crippen LogP contribution in [0.2, 0.25) is 0 Å². The number of piperidine rings is 1. The van der Waals surface area contributed by atoms with Gasteiger partial charge in [-0.2, -0.15) is 0 Å². The van der Waals surface area contributed by atoms with E-state index >= 15 is 0 Å². The van der Waals surface area contributed by atoms with Gasteiger partial charge in [0.25, 0.3) is 5.91 Å². The van der Waals surface area contributed by atoms with Gasteiger partial charge in [0.1, 0.15) is 0 Å². The lowest BCUT2D eigenvalue weighted by Crippen LogP contribution is -2.45. The van der Waals surface area contributed by atoms with Gasteiger partial charge < -0.3 is 10.0 Å². The van der Waals surface area contributed by atoms with Crippen LogP contribution in [0.15, 0.2) is 48.5 Å². The molecule has 1 aliphatic heterocycles. The van der Waals surface area contributed by atoms with Crippen molar-refractivity contribution in [2.45, 2.75) is 20.3 Å². The van der Waals surface area contributed by atoms with Crippen molar-refractivity contribution in [2.75, 3.05) is 13.1 Å². The molecule has 0 radical (unpaired) electrons. The fraction of sp³-hybridized carbons (Fsp3) is 0.318. The van der Waals surface area contributed by atoms with E-state index in [1.165, 1.54) is 0 Å². The fourth-order valence-electron chi connectivity index (χ4n) is 3.60. The first-order valence-electron chi connectivity index (χ1n) is 9.11. The second-order valence-electron chi connectivity index (χ2n) is 7.20. The van der Waals surface area contributed by atoms with Gasteiger partial charge in [-0.15, -0.1) is 0 Å². The summed E-state index contributed by atoms with van der Waals surface area (Å²) in [6.07, 6.45) is 0.427. The number of aryl methyl sites for hydroxylation is 1. The van der Waals surface area contributed by atoms with Crippen LogP contribution in [0, 0.1) is 18.8 Å². The molecular formula is C22H23NO4. The summed E-state index contributed by atoms with van der Waals surface area (Å²) in [5.74, 6) is -1.78. The third-order valence-electron chi connectivity index (χ3n) is 5.23. The molecule has 0 bridgehead atoms. The van der Waals surface area contributed by atoms with E-state index in [-0.39, 0.29) is 17.6 Å². The van der Waals surface area contributed by atoms with Crippen LogP contribution in [0.4, 0.5) is 0 Å². The number of carboxylic acids is 1. The number of carbonyl (C=O) groups excluding carboxylic acids is 2. The van der Waals surface area contributed by atoms with Gasteiger partial charge in [-0.3, -0.25) is 14.4 Å². The Kier molecular flexibility index (Phi) is 5.40. The summed E-state index contributed by atoms with van der Waals surface area (Å²) >= 11 is 0. The van der Waals surface area contributed by atoms with Gasteiger partial charge >= 0.3 is 5.97 Å². The summed E-state index contributed by atoms with van der Waals surface area (Å²) in [7, 11) is 0. The number of carbonyl (C=O) groups is 3. The molecule has 2 atom stereocenters. The minimum absolute atomic E-state index is 0.125. The highest BCUT2D eigenvalue weighted by Gasteiger charge is 2.34. The molecule has 0 saturated carbocycles. The molecule has 1 N–H and O–H groups in total. The van der Waals surface area contributed by atoms with Crippen LogP contribution in [-0.4, -0.2) is 40.8 Å². The topological polar surface area (TPSA) is 74.7 Å². The Morgan fingerprint density at radius 2 is 1.63 bits per heavy atom. The van der Waals surface area contributed by atoms with E-state index in [9.17, 15) is 19.5 Å². The highest BCUT2D eigenvalue weighted by molar-refractivity contribution is 6.15. The zero-order valence-corrected chi connectivity index (χ0v) is 15.5. The molecular weight excluding hydrogens is 342 g/mol. The van der Waals surface area contributed by atoms with E-state index in [2.05, 4.69) is 0 Å². The molecule has 2 aromatic carbocycles. The van der Waals surface area contributed by atoms with Crippen LogP contribution < -0.4 is 0 Å². The molecule has 0 aliphatic carbocycles. The SMILES string of the molecule is Cc1ccc(C(=O)c2ccccc2C(=O)N2CCC(C(=O)O)C(C)C2)cc1. The van der Waals surface area contributed by atoms with Crippen molar-refractivity contribution >= 4 is 17.7 Å². The maximum atomic E-state index is 13.1. The predicted molar refractivity (Wildman–Crippen MR) is 102 cm³/mol. The van der Waals surface area contributed by atoms with E-state index in [4.69, 9.17) is 0 Å². The lowest BCUT2D eigenvalue weighted by molar-refractivity contribution is -0.145. The molecule has 0 spiro atoms. The van der Waals surface area contributed by atoms with Crippen molar-refractivity contribution in [3.63, 3.8) is 0 Å². The van der Waals surface area contributed by atoms with E-state index in [1.807, 2.05) is 26.0 Å². The van der Waals surface area contributed by atoms with Crippen LogP contribution in [0.25, 0.3) is 0 Å². The molecule has 1 aliphatic rings. The number of nitrogens with zero attached hydrogens (tertiary/aromatic N) is 1. The highest BCUT2D eigenvalue weighted by Crippen LogP contribution is 2.26. The Labute approximate surface area is 158 Å². The quantitative estimate of drug-likeness (QED) is 0.843. The highest BCUT2D eigenvalue weighted by atomic mass is 16.4. The summed E-state index contributed by atoms with van der Waals surface area (Å²) in [5.41, 5.74) is 2.34. The fourth-order valence-corrected chi connectivity index (χ4v) is 3.60. The average Bonchev–Trinajstić information content (AvgIpc) is 2.67. The summed E-state index contributed by atoms with van der Waals surface area (Å²) < 4.78 is 0. The molecule has 27 heavy (non-hydrogen) atoms. The third-order valence-corrected chi connectivity index (χ3v) is 5.23. The number of benzene rings is 2. The molecule has 1 saturated heterocycles. The lowest BCUT2D eigenvalue weighted by atomic mass is 9.86. The van der Waals surface area contributed by atoms with Crippen LogP contribution in [0.3, 0.4) is 0 Å². The molecule has 3 rings (SSSR count). The second-order valence-corrected chi connectivity index (χ2v) is 7.20.